The molecule has 0 radical (unpaired) electrons. The van der Waals surface area contributed by atoms with Crippen molar-refractivity contribution in [2.45, 2.75) is 46.0 Å². The normalized spacial score (nSPS) is 10.2. The molecule has 0 spiro atoms. The van der Waals surface area contributed by atoms with Crippen LogP contribution in [0.2, 0.25) is 0 Å². The quantitative estimate of drug-likeness (QED) is 0.249. The minimum absolute atomic E-state index is 0.137. The van der Waals surface area contributed by atoms with Gasteiger partial charge in [0, 0.05) is 23.4 Å². The van der Waals surface area contributed by atoms with Gasteiger partial charge in [-0.2, -0.15) is 0 Å². The molecule has 0 fully saturated rings. The van der Waals surface area contributed by atoms with Gasteiger partial charge in [0.1, 0.15) is 0 Å². The molecule has 2 aromatic rings. The van der Waals surface area contributed by atoms with E-state index >= 15 is 0 Å². The van der Waals surface area contributed by atoms with Crippen molar-refractivity contribution in [1.29, 1.82) is 0 Å². The molecule has 0 unspecified atom stereocenters. The second-order valence-electron chi connectivity index (χ2n) is 7.81. The summed E-state index contributed by atoms with van der Waals surface area (Å²) in [6, 6.07) is 12.6. The number of benzene rings is 2. The minimum Gasteiger partial charge on any atom is -0.462 e. The Morgan fingerprint density at radius 3 is 2.17 bits per heavy atom. The van der Waals surface area contributed by atoms with Crippen molar-refractivity contribution in [3.63, 3.8) is 0 Å². The molecular weight excluding hydrogens is 452 g/mol. The second-order valence-corrected chi connectivity index (χ2v) is 7.81. The molecule has 9 heteroatoms. The summed E-state index contributed by atoms with van der Waals surface area (Å²) in [5.41, 5.74) is 1.71. The highest BCUT2D eigenvalue weighted by atomic mass is 16.5. The maximum atomic E-state index is 12.1. The van der Waals surface area contributed by atoms with Gasteiger partial charge < -0.3 is 20.1 Å². The lowest BCUT2D eigenvalue weighted by atomic mass is 10.1. The highest BCUT2D eigenvalue weighted by molar-refractivity contribution is 5.98. The summed E-state index contributed by atoms with van der Waals surface area (Å²) in [6.45, 7) is 3.34. The third-order valence-corrected chi connectivity index (χ3v) is 4.86. The molecule has 0 aliphatic rings. The summed E-state index contributed by atoms with van der Waals surface area (Å²) in [6.07, 6.45) is 2.51. The third kappa shape index (κ3) is 10.2. The molecule has 0 aliphatic heterocycles. The molecule has 0 heterocycles. The fourth-order valence-corrected chi connectivity index (χ4v) is 2.96. The number of carbonyl (C=O) groups is 5. The number of unbranched alkanes of at least 4 members (excludes halogenated alkanes) is 2. The number of rotatable bonds is 13. The van der Waals surface area contributed by atoms with Crippen LogP contribution in [-0.2, 0) is 23.9 Å². The number of amides is 2. The highest BCUT2D eigenvalue weighted by Crippen LogP contribution is 2.13. The van der Waals surface area contributed by atoms with Gasteiger partial charge in [0.05, 0.1) is 18.6 Å². The van der Waals surface area contributed by atoms with Gasteiger partial charge in [-0.25, -0.2) is 4.79 Å². The summed E-state index contributed by atoms with van der Waals surface area (Å²) in [4.78, 5) is 59.3. The second kappa shape index (κ2) is 14.3. The molecule has 0 atom stereocenters. The van der Waals surface area contributed by atoms with Gasteiger partial charge in [-0.3, -0.25) is 19.2 Å². The van der Waals surface area contributed by atoms with Crippen molar-refractivity contribution in [2.75, 3.05) is 23.8 Å². The minimum atomic E-state index is -0.700. The van der Waals surface area contributed by atoms with E-state index in [1.54, 1.807) is 42.5 Å². The Hall–Kier alpha value is -4.01. The molecule has 0 aromatic heterocycles. The monoisotopic (exact) mass is 482 g/mol. The molecule has 2 rings (SSSR count). The zero-order valence-corrected chi connectivity index (χ0v) is 19.9. The van der Waals surface area contributed by atoms with Crippen LogP contribution >= 0.6 is 0 Å². The maximum Gasteiger partial charge on any atom is 0.338 e. The van der Waals surface area contributed by atoms with Gasteiger partial charge in [-0.15, -0.1) is 0 Å². The number of nitrogens with one attached hydrogen (secondary N) is 2. The Balaban J connectivity index is 1.69. The fourth-order valence-electron chi connectivity index (χ4n) is 2.96. The van der Waals surface area contributed by atoms with E-state index in [9.17, 15) is 24.0 Å². The smallest absolute Gasteiger partial charge is 0.338 e. The van der Waals surface area contributed by atoms with E-state index in [1.807, 2.05) is 0 Å². The molecule has 9 nitrogen and oxygen atoms in total. The van der Waals surface area contributed by atoms with E-state index in [2.05, 4.69) is 17.6 Å². The molecule has 0 bridgehead atoms. The molecule has 0 saturated carbocycles. The maximum absolute atomic E-state index is 12.1. The van der Waals surface area contributed by atoms with Crippen LogP contribution in [0.5, 0.6) is 0 Å². The molecule has 2 N–H and O–H groups in total. The Morgan fingerprint density at radius 2 is 1.49 bits per heavy atom. The van der Waals surface area contributed by atoms with E-state index in [1.165, 1.54) is 13.0 Å². The van der Waals surface area contributed by atoms with Crippen LogP contribution in [0.3, 0.4) is 0 Å². The van der Waals surface area contributed by atoms with Gasteiger partial charge >= 0.3 is 11.9 Å². The van der Waals surface area contributed by atoms with Crippen LogP contribution in [-0.4, -0.2) is 42.7 Å². The molecule has 35 heavy (non-hydrogen) atoms. The van der Waals surface area contributed by atoms with E-state index in [4.69, 9.17) is 9.47 Å². The zero-order valence-electron chi connectivity index (χ0n) is 19.9. The molecule has 186 valence electrons. The molecule has 2 amide bonds. The van der Waals surface area contributed by atoms with E-state index < -0.39 is 30.4 Å². The van der Waals surface area contributed by atoms with Gasteiger partial charge in [-0.05, 0) is 49.7 Å². The van der Waals surface area contributed by atoms with E-state index in [0.717, 1.165) is 19.3 Å². The van der Waals surface area contributed by atoms with Gasteiger partial charge in [-0.1, -0.05) is 31.9 Å². The Kier molecular flexibility index (Phi) is 11.1. The molecule has 2 aromatic carbocycles. The lowest BCUT2D eigenvalue weighted by Gasteiger charge is -2.08. The van der Waals surface area contributed by atoms with Crippen molar-refractivity contribution in [3.05, 3.63) is 59.7 Å². The van der Waals surface area contributed by atoms with Gasteiger partial charge in [0.25, 0.3) is 5.91 Å². The standard InChI is InChI=1S/C26H30N2O7/c1-3-4-5-15-34-26(33)19-9-11-21(12-10-19)27-23(30)13-14-25(32)35-17-24(31)28-22-8-6-7-20(16-22)18(2)29/h6-12,16H,3-5,13-15,17H2,1-2H3,(H,27,30)(H,28,31). The Labute approximate surface area is 204 Å². The summed E-state index contributed by atoms with van der Waals surface area (Å²) in [5.74, 6) is -2.23. The SMILES string of the molecule is CCCCCOC(=O)c1ccc(NC(=O)CCC(=O)OCC(=O)Nc2cccc(C(C)=O)c2)cc1. The van der Waals surface area contributed by atoms with Crippen molar-refractivity contribution in [3.8, 4) is 0 Å². The van der Waals surface area contributed by atoms with Gasteiger partial charge in [0.2, 0.25) is 5.91 Å². The van der Waals surface area contributed by atoms with Gasteiger partial charge in [0.15, 0.2) is 12.4 Å². The number of hydrogen-bond donors (Lipinski definition) is 2. The van der Waals surface area contributed by atoms with Crippen molar-refractivity contribution < 1.29 is 33.4 Å². The number of carbonyl (C=O) groups excluding carboxylic acids is 5. The van der Waals surface area contributed by atoms with E-state index in [-0.39, 0.29) is 18.6 Å². The molecular formula is C26H30N2O7. The Morgan fingerprint density at radius 1 is 0.771 bits per heavy atom. The largest absolute Gasteiger partial charge is 0.462 e. The first kappa shape index (κ1) is 27.2. The van der Waals surface area contributed by atoms with Crippen molar-refractivity contribution >= 4 is 40.9 Å². The number of esters is 2. The van der Waals surface area contributed by atoms with Crippen molar-refractivity contribution in [2.24, 2.45) is 0 Å². The number of Topliss-reactive ketones (excluding diaryl/α,β-unsaturated/α-hetero) is 1. The lowest BCUT2D eigenvalue weighted by molar-refractivity contribution is -0.147. The van der Waals surface area contributed by atoms with Crippen LogP contribution < -0.4 is 10.6 Å². The zero-order chi connectivity index (χ0) is 25.6. The van der Waals surface area contributed by atoms with Crippen molar-refractivity contribution in [1.82, 2.24) is 0 Å². The first-order chi connectivity index (χ1) is 16.8. The average molecular weight is 483 g/mol. The number of hydrogen-bond acceptors (Lipinski definition) is 7. The number of anilines is 2. The topological polar surface area (TPSA) is 128 Å². The summed E-state index contributed by atoms with van der Waals surface area (Å²) in [7, 11) is 0. The summed E-state index contributed by atoms with van der Waals surface area (Å²) in [5, 5.41) is 5.17. The summed E-state index contributed by atoms with van der Waals surface area (Å²) >= 11 is 0. The first-order valence-electron chi connectivity index (χ1n) is 11.4. The van der Waals surface area contributed by atoms with Crippen LogP contribution in [0.4, 0.5) is 11.4 Å². The van der Waals surface area contributed by atoms with E-state index in [0.29, 0.717) is 29.1 Å². The average Bonchev–Trinajstić information content (AvgIpc) is 2.84. The first-order valence-corrected chi connectivity index (χ1v) is 11.4. The highest BCUT2D eigenvalue weighted by Gasteiger charge is 2.12. The summed E-state index contributed by atoms with van der Waals surface area (Å²) < 4.78 is 10.1. The van der Waals surface area contributed by atoms with Crippen LogP contribution in [0.25, 0.3) is 0 Å². The third-order valence-electron chi connectivity index (χ3n) is 4.86. The number of ether oxygens (including phenoxy) is 2. The van der Waals surface area contributed by atoms with Crippen LogP contribution in [0, 0.1) is 0 Å². The van der Waals surface area contributed by atoms with Crippen LogP contribution in [0.1, 0.15) is 66.7 Å². The fraction of sp³-hybridized carbons (Fsp3) is 0.346. The molecule has 0 saturated heterocycles. The van der Waals surface area contributed by atoms with Crippen LogP contribution in [0.15, 0.2) is 48.5 Å². The molecule has 0 aliphatic carbocycles. The predicted molar refractivity (Wildman–Crippen MR) is 130 cm³/mol. The lowest BCUT2D eigenvalue weighted by Crippen LogP contribution is -2.22. The number of ketones is 1. The predicted octanol–water partition coefficient (Wildman–Crippen LogP) is 4.14. The Bertz CT molecular complexity index is 1050.